The van der Waals surface area contributed by atoms with E-state index < -0.39 is 10.0 Å². The highest BCUT2D eigenvalue weighted by atomic mass is 32.2. The maximum Gasteiger partial charge on any atom is 0.232 e. The van der Waals surface area contributed by atoms with E-state index >= 15 is 0 Å². The molecular weight excluding hydrogens is 212 g/mol. The molecule has 2 heterocycles. The molecule has 1 aliphatic heterocycles. The highest BCUT2D eigenvalue weighted by Gasteiger charge is 2.38. The van der Waals surface area contributed by atoms with Gasteiger partial charge in [0, 0.05) is 18.2 Å². The summed E-state index contributed by atoms with van der Waals surface area (Å²) < 4.78 is 24.6. The third kappa shape index (κ3) is 1.61. The summed E-state index contributed by atoms with van der Waals surface area (Å²) in [7, 11) is -3.19. The number of aromatic nitrogens is 1. The smallest absolute Gasteiger partial charge is 0.232 e. The molecule has 0 bridgehead atoms. The average Bonchev–Trinajstić information content (AvgIpc) is 2.39. The SMILES string of the molecule is CC1(C)CN(S(C)(=O)=O)c2cnccc21. The van der Waals surface area contributed by atoms with Crippen molar-refractivity contribution in [3.05, 3.63) is 24.0 Å². The standard InChI is InChI=1S/C10H14N2O2S/c1-10(2)7-12(15(3,13)14)9-6-11-5-4-8(9)10/h4-6H,7H2,1-3H3. The molecule has 2 rings (SSSR count). The molecule has 0 aliphatic carbocycles. The minimum atomic E-state index is -3.19. The molecule has 0 spiro atoms. The van der Waals surface area contributed by atoms with Gasteiger partial charge in [-0.3, -0.25) is 9.29 Å². The maximum atomic E-state index is 11.6. The molecule has 15 heavy (non-hydrogen) atoms. The second-order valence-corrected chi connectivity index (χ2v) is 6.45. The Morgan fingerprint density at radius 3 is 2.73 bits per heavy atom. The first-order valence-corrected chi connectivity index (χ1v) is 6.59. The normalized spacial score (nSPS) is 19.0. The van der Waals surface area contributed by atoms with E-state index in [1.807, 2.05) is 19.9 Å². The van der Waals surface area contributed by atoms with Crippen LogP contribution in [0.4, 0.5) is 5.69 Å². The Balaban J connectivity index is 2.62. The van der Waals surface area contributed by atoms with E-state index in [9.17, 15) is 8.42 Å². The second kappa shape index (κ2) is 2.95. The molecule has 0 fully saturated rings. The Kier molecular flexibility index (Phi) is 2.05. The maximum absolute atomic E-state index is 11.6. The van der Waals surface area contributed by atoms with Gasteiger partial charge in [-0.15, -0.1) is 0 Å². The molecule has 1 aromatic heterocycles. The van der Waals surface area contributed by atoms with Gasteiger partial charge in [-0.2, -0.15) is 0 Å². The van der Waals surface area contributed by atoms with Crippen LogP contribution >= 0.6 is 0 Å². The van der Waals surface area contributed by atoms with Crippen molar-refractivity contribution in [2.45, 2.75) is 19.3 Å². The lowest BCUT2D eigenvalue weighted by atomic mass is 9.88. The minimum absolute atomic E-state index is 0.138. The van der Waals surface area contributed by atoms with Gasteiger partial charge >= 0.3 is 0 Å². The lowest BCUT2D eigenvalue weighted by Crippen LogP contribution is -2.33. The van der Waals surface area contributed by atoms with Gasteiger partial charge in [-0.1, -0.05) is 13.8 Å². The van der Waals surface area contributed by atoms with Crippen molar-refractivity contribution in [1.82, 2.24) is 4.98 Å². The summed E-state index contributed by atoms with van der Waals surface area (Å²) in [5.74, 6) is 0. The predicted octanol–water partition coefficient (Wildman–Crippen LogP) is 1.14. The number of fused-ring (bicyclic) bond motifs is 1. The number of rotatable bonds is 1. The van der Waals surface area contributed by atoms with E-state index in [4.69, 9.17) is 0 Å². The summed E-state index contributed by atoms with van der Waals surface area (Å²) in [4.78, 5) is 3.98. The fraction of sp³-hybridized carbons (Fsp3) is 0.500. The van der Waals surface area contributed by atoms with Crippen molar-refractivity contribution in [1.29, 1.82) is 0 Å². The first-order chi connectivity index (χ1) is 6.82. The Bertz CT molecular complexity index is 494. The second-order valence-electron chi connectivity index (χ2n) is 4.55. The molecule has 1 aromatic rings. The fourth-order valence-electron chi connectivity index (χ4n) is 1.98. The van der Waals surface area contributed by atoms with Crippen LogP contribution < -0.4 is 4.31 Å². The van der Waals surface area contributed by atoms with Crippen LogP contribution in [0.2, 0.25) is 0 Å². The topological polar surface area (TPSA) is 50.3 Å². The number of anilines is 1. The van der Waals surface area contributed by atoms with E-state index in [2.05, 4.69) is 4.98 Å². The summed E-state index contributed by atoms with van der Waals surface area (Å²) in [6.07, 6.45) is 4.54. The molecule has 0 aromatic carbocycles. The van der Waals surface area contributed by atoms with Gasteiger partial charge in [-0.05, 0) is 11.6 Å². The van der Waals surface area contributed by atoms with Gasteiger partial charge in [0.1, 0.15) is 0 Å². The Labute approximate surface area is 90.0 Å². The quantitative estimate of drug-likeness (QED) is 0.721. The van der Waals surface area contributed by atoms with Crippen molar-refractivity contribution in [2.24, 2.45) is 0 Å². The highest BCUT2D eigenvalue weighted by molar-refractivity contribution is 7.92. The van der Waals surface area contributed by atoms with Crippen LogP contribution in [0.15, 0.2) is 18.5 Å². The van der Waals surface area contributed by atoms with Crippen LogP contribution in [-0.4, -0.2) is 26.2 Å². The Morgan fingerprint density at radius 2 is 2.13 bits per heavy atom. The van der Waals surface area contributed by atoms with Crippen molar-refractivity contribution in [2.75, 3.05) is 17.1 Å². The summed E-state index contributed by atoms with van der Waals surface area (Å²) in [5.41, 5.74) is 1.62. The zero-order valence-corrected chi connectivity index (χ0v) is 9.87. The van der Waals surface area contributed by atoms with Crippen LogP contribution in [0.5, 0.6) is 0 Å². The highest BCUT2D eigenvalue weighted by Crippen LogP contribution is 2.40. The summed E-state index contributed by atoms with van der Waals surface area (Å²) >= 11 is 0. The number of hydrogen-bond acceptors (Lipinski definition) is 3. The van der Waals surface area contributed by atoms with Crippen LogP contribution in [0.1, 0.15) is 19.4 Å². The molecule has 0 saturated heterocycles. The zero-order chi connectivity index (χ0) is 11.3. The summed E-state index contributed by atoms with van der Waals surface area (Å²) in [5, 5.41) is 0. The third-order valence-electron chi connectivity index (χ3n) is 2.74. The van der Waals surface area contributed by atoms with Crippen molar-refractivity contribution >= 4 is 15.7 Å². The molecule has 0 N–H and O–H groups in total. The van der Waals surface area contributed by atoms with Crippen molar-refractivity contribution < 1.29 is 8.42 Å². The van der Waals surface area contributed by atoms with Gasteiger partial charge in [0.15, 0.2) is 0 Å². The minimum Gasteiger partial charge on any atom is -0.268 e. The van der Waals surface area contributed by atoms with Gasteiger partial charge in [0.05, 0.1) is 18.1 Å². The molecular formula is C10H14N2O2S. The van der Waals surface area contributed by atoms with Crippen LogP contribution in [0, 0.1) is 0 Å². The number of nitrogens with zero attached hydrogens (tertiary/aromatic N) is 2. The Hall–Kier alpha value is -1.10. The van der Waals surface area contributed by atoms with E-state index in [0.29, 0.717) is 12.2 Å². The van der Waals surface area contributed by atoms with E-state index in [-0.39, 0.29) is 5.41 Å². The van der Waals surface area contributed by atoms with E-state index in [1.54, 1.807) is 12.4 Å². The largest absolute Gasteiger partial charge is 0.268 e. The lowest BCUT2D eigenvalue weighted by molar-refractivity contribution is 0.557. The first kappa shape index (κ1) is 10.4. The molecule has 82 valence electrons. The van der Waals surface area contributed by atoms with Gasteiger partial charge in [0.25, 0.3) is 0 Å². The zero-order valence-electron chi connectivity index (χ0n) is 9.06. The fourth-order valence-corrected chi connectivity index (χ4v) is 3.04. The van der Waals surface area contributed by atoms with Crippen LogP contribution in [0.3, 0.4) is 0 Å². The predicted molar refractivity (Wildman–Crippen MR) is 59.5 cm³/mol. The molecule has 0 atom stereocenters. The molecule has 1 aliphatic rings. The Morgan fingerprint density at radius 1 is 1.47 bits per heavy atom. The molecule has 0 unspecified atom stereocenters. The van der Waals surface area contributed by atoms with E-state index in [1.165, 1.54) is 10.6 Å². The van der Waals surface area contributed by atoms with E-state index in [0.717, 1.165) is 5.56 Å². The first-order valence-electron chi connectivity index (χ1n) is 4.74. The lowest BCUT2D eigenvalue weighted by Gasteiger charge is -2.19. The van der Waals surface area contributed by atoms with Gasteiger partial charge in [0.2, 0.25) is 10.0 Å². The summed E-state index contributed by atoms with van der Waals surface area (Å²) in [6, 6.07) is 1.89. The molecule has 5 heteroatoms. The van der Waals surface area contributed by atoms with Crippen molar-refractivity contribution in [3.63, 3.8) is 0 Å². The molecule has 0 saturated carbocycles. The molecule has 0 amide bonds. The van der Waals surface area contributed by atoms with Gasteiger partial charge in [-0.25, -0.2) is 8.42 Å². The molecule has 4 nitrogen and oxygen atoms in total. The number of pyridine rings is 1. The number of sulfonamides is 1. The van der Waals surface area contributed by atoms with Crippen LogP contribution in [0.25, 0.3) is 0 Å². The van der Waals surface area contributed by atoms with Crippen molar-refractivity contribution in [3.8, 4) is 0 Å². The average molecular weight is 226 g/mol. The van der Waals surface area contributed by atoms with Gasteiger partial charge < -0.3 is 0 Å². The number of hydrogen-bond donors (Lipinski definition) is 0. The monoisotopic (exact) mass is 226 g/mol. The van der Waals surface area contributed by atoms with Crippen LogP contribution in [-0.2, 0) is 15.4 Å². The molecule has 0 radical (unpaired) electrons. The third-order valence-corrected chi connectivity index (χ3v) is 3.86. The summed E-state index contributed by atoms with van der Waals surface area (Å²) in [6.45, 7) is 4.57.